The second kappa shape index (κ2) is 10.5. The number of nitrogens with zero attached hydrogens (tertiary/aromatic N) is 4. The van der Waals surface area contributed by atoms with Crippen molar-refractivity contribution in [3.63, 3.8) is 0 Å². The number of nitrogens with one attached hydrogen (secondary N) is 2. The molecular formula is C23H27F3N6O4. The van der Waals surface area contributed by atoms with E-state index < -0.39 is 23.3 Å². The standard InChI is InChI=1S/C23H27F3N6O4/c24-23(25,26)15-5-6-18(27-13-15)30-9-11-31(12-10-30)20(34)14-28-19(33)7-8-32-17-4-2-1-3-16(17)21(35)29-22(32)36/h5-6,13H,1-4,7-12,14H2,(H,28,33)(H,29,35,36). The monoisotopic (exact) mass is 508 g/mol. The Morgan fingerprint density at radius 2 is 1.78 bits per heavy atom. The highest BCUT2D eigenvalue weighted by molar-refractivity contribution is 5.84. The molecule has 0 aromatic carbocycles. The van der Waals surface area contributed by atoms with Gasteiger partial charge in [0.05, 0.1) is 12.1 Å². The molecule has 0 atom stereocenters. The minimum absolute atomic E-state index is 0.0148. The fourth-order valence-electron chi connectivity index (χ4n) is 4.54. The zero-order valence-electron chi connectivity index (χ0n) is 19.6. The third kappa shape index (κ3) is 5.77. The first-order valence-electron chi connectivity index (χ1n) is 11.8. The summed E-state index contributed by atoms with van der Waals surface area (Å²) in [5, 5.41) is 2.57. The molecule has 2 aliphatic rings. The SMILES string of the molecule is O=C(CCn1c2c(c(=O)[nH]c1=O)CCCC2)NCC(=O)N1CCN(c2ccc(C(F)(F)F)cn2)CC1. The van der Waals surface area contributed by atoms with Crippen LogP contribution in [0.4, 0.5) is 19.0 Å². The number of carbonyl (C=O) groups excluding carboxylic acids is 2. The molecule has 1 aliphatic heterocycles. The number of amides is 2. The van der Waals surface area contributed by atoms with Crippen molar-refractivity contribution < 1.29 is 22.8 Å². The highest BCUT2D eigenvalue weighted by atomic mass is 19.4. The van der Waals surface area contributed by atoms with E-state index in [1.807, 2.05) is 0 Å². The molecule has 2 amide bonds. The van der Waals surface area contributed by atoms with Gasteiger partial charge in [0.15, 0.2) is 0 Å². The average molecular weight is 509 g/mol. The van der Waals surface area contributed by atoms with Crippen molar-refractivity contribution in [2.45, 2.75) is 44.8 Å². The Morgan fingerprint density at radius 3 is 2.44 bits per heavy atom. The van der Waals surface area contributed by atoms with E-state index >= 15 is 0 Å². The topological polar surface area (TPSA) is 120 Å². The second-order valence-electron chi connectivity index (χ2n) is 8.84. The molecule has 4 rings (SSSR count). The lowest BCUT2D eigenvalue weighted by Gasteiger charge is -2.35. The van der Waals surface area contributed by atoms with E-state index in [0.29, 0.717) is 56.1 Å². The summed E-state index contributed by atoms with van der Waals surface area (Å²) in [7, 11) is 0. The van der Waals surface area contributed by atoms with Crippen LogP contribution in [0.3, 0.4) is 0 Å². The number of piperazine rings is 1. The first-order chi connectivity index (χ1) is 17.1. The normalized spacial score (nSPS) is 16.0. The second-order valence-corrected chi connectivity index (χ2v) is 8.84. The Morgan fingerprint density at radius 1 is 1.06 bits per heavy atom. The van der Waals surface area contributed by atoms with Crippen molar-refractivity contribution in [3.8, 4) is 0 Å². The lowest BCUT2D eigenvalue weighted by atomic mass is 9.97. The fraction of sp³-hybridized carbons (Fsp3) is 0.522. The van der Waals surface area contributed by atoms with Crippen molar-refractivity contribution >= 4 is 17.6 Å². The lowest BCUT2D eigenvalue weighted by Crippen LogP contribution is -2.51. The molecule has 0 unspecified atom stereocenters. The molecule has 2 aromatic heterocycles. The number of aromatic amines is 1. The van der Waals surface area contributed by atoms with Gasteiger partial charge in [-0.1, -0.05) is 0 Å². The number of hydrogen-bond acceptors (Lipinski definition) is 6. The predicted octanol–water partition coefficient (Wildman–Crippen LogP) is 0.684. The molecule has 0 saturated carbocycles. The number of fused-ring (bicyclic) bond motifs is 1. The number of carbonyl (C=O) groups is 2. The number of anilines is 1. The molecule has 1 fully saturated rings. The zero-order valence-corrected chi connectivity index (χ0v) is 19.6. The summed E-state index contributed by atoms with van der Waals surface area (Å²) < 4.78 is 39.6. The first kappa shape index (κ1) is 25.5. The Hall–Kier alpha value is -3.64. The van der Waals surface area contributed by atoms with Crippen molar-refractivity contribution in [1.29, 1.82) is 0 Å². The largest absolute Gasteiger partial charge is 0.417 e. The average Bonchev–Trinajstić information content (AvgIpc) is 2.87. The number of pyridine rings is 1. The minimum atomic E-state index is -4.45. The highest BCUT2D eigenvalue weighted by Crippen LogP contribution is 2.29. The predicted molar refractivity (Wildman–Crippen MR) is 124 cm³/mol. The smallest absolute Gasteiger partial charge is 0.353 e. The Bertz CT molecular complexity index is 1230. The van der Waals surface area contributed by atoms with E-state index in [2.05, 4.69) is 15.3 Å². The van der Waals surface area contributed by atoms with Gasteiger partial charge in [-0.2, -0.15) is 13.2 Å². The van der Waals surface area contributed by atoms with E-state index in [1.165, 1.54) is 10.6 Å². The van der Waals surface area contributed by atoms with Crippen LogP contribution < -0.4 is 21.5 Å². The van der Waals surface area contributed by atoms with Gasteiger partial charge in [-0.15, -0.1) is 0 Å². The summed E-state index contributed by atoms with van der Waals surface area (Å²) in [6, 6.07) is 2.29. The van der Waals surface area contributed by atoms with Gasteiger partial charge in [0.25, 0.3) is 5.56 Å². The summed E-state index contributed by atoms with van der Waals surface area (Å²) >= 11 is 0. The van der Waals surface area contributed by atoms with Gasteiger partial charge >= 0.3 is 11.9 Å². The maximum Gasteiger partial charge on any atom is 0.417 e. The van der Waals surface area contributed by atoms with Gasteiger partial charge < -0.3 is 15.1 Å². The van der Waals surface area contributed by atoms with Crippen LogP contribution in [0.15, 0.2) is 27.9 Å². The summed E-state index contributed by atoms with van der Waals surface area (Å²) in [4.78, 5) is 58.7. The molecule has 0 spiro atoms. The van der Waals surface area contributed by atoms with Crippen LogP contribution in [0.25, 0.3) is 0 Å². The van der Waals surface area contributed by atoms with Crippen LogP contribution >= 0.6 is 0 Å². The van der Waals surface area contributed by atoms with Crippen molar-refractivity contribution in [3.05, 3.63) is 56.0 Å². The Kier molecular flexibility index (Phi) is 7.45. The third-order valence-corrected chi connectivity index (χ3v) is 6.54. The van der Waals surface area contributed by atoms with Crippen molar-refractivity contribution in [2.24, 2.45) is 0 Å². The molecule has 36 heavy (non-hydrogen) atoms. The Balaban J connectivity index is 1.24. The molecule has 194 valence electrons. The summed E-state index contributed by atoms with van der Waals surface area (Å²) in [5.41, 5.74) is -0.442. The first-order valence-corrected chi connectivity index (χ1v) is 11.8. The minimum Gasteiger partial charge on any atom is -0.353 e. The van der Waals surface area contributed by atoms with Gasteiger partial charge in [0.1, 0.15) is 5.82 Å². The molecule has 2 aromatic rings. The van der Waals surface area contributed by atoms with E-state index in [-0.39, 0.29) is 31.0 Å². The number of aromatic nitrogens is 3. The van der Waals surface area contributed by atoms with E-state index in [1.54, 1.807) is 9.80 Å². The van der Waals surface area contributed by atoms with Gasteiger partial charge in [-0.05, 0) is 37.8 Å². The molecule has 0 radical (unpaired) electrons. The van der Waals surface area contributed by atoms with Gasteiger partial charge in [0.2, 0.25) is 11.8 Å². The zero-order chi connectivity index (χ0) is 25.9. The number of H-pyrrole nitrogens is 1. The van der Waals surface area contributed by atoms with Gasteiger partial charge in [-0.3, -0.25) is 23.9 Å². The summed E-state index contributed by atoms with van der Waals surface area (Å²) in [6.45, 7) is 1.40. The van der Waals surface area contributed by atoms with Crippen molar-refractivity contribution in [2.75, 3.05) is 37.6 Å². The number of rotatable bonds is 6. The summed E-state index contributed by atoms with van der Waals surface area (Å²) in [5.74, 6) is -0.261. The van der Waals surface area contributed by atoms with E-state index in [9.17, 15) is 32.3 Å². The van der Waals surface area contributed by atoms with E-state index in [4.69, 9.17) is 0 Å². The molecule has 1 aliphatic carbocycles. The molecule has 10 nitrogen and oxygen atoms in total. The van der Waals surface area contributed by atoms with Gasteiger partial charge in [0, 0.05) is 56.6 Å². The maximum absolute atomic E-state index is 12.7. The highest BCUT2D eigenvalue weighted by Gasteiger charge is 2.31. The summed E-state index contributed by atoms with van der Waals surface area (Å²) in [6.07, 6.45) is -0.698. The van der Waals surface area contributed by atoms with E-state index in [0.717, 1.165) is 25.1 Å². The molecule has 2 N–H and O–H groups in total. The Labute approximate surface area is 204 Å². The number of halogens is 3. The van der Waals surface area contributed by atoms with Crippen LogP contribution in [0, 0.1) is 0 Å². The number of alkyl halides is 3. The van der Waals surface area contributed by atoms with Crippen molar-refractivity contribution in [1.82, 2.24) is 24.8 Å². The molecule has 13 heteroatoms. The van der Waals surface area contributed by atoms with Crippen LogP contribution in [-0.2, 0) is 35.2 Å². The van der Waals surface area contributed by atoms with Crippen LogP contribution in [-0.4, -0.2) is 64.0 Å². The molecular weight excluding hydrogens is 481 g/mol. The quantitative estimate of drug-likeness (QED) is 0.592. The molecule has 1 saturated heterocycles. The third-order valence-electron chi connectivity index (χ3n) is 6.54. The van der Waals surface area contributed by atoms with Crippen LogP contribution in [0.2, 0.25) is 0 Å². The van der Waals surface area contributed by atoms with Crippen LogP contribution in [0.5, 0.6) is 0 Å². The number of hydrogen-bond donors (Lipinski definition) is 2. The molecule has 0 bridgehead atoms. The van der Waals surface area contributed by atoms with Crippen LogP contribution in [0.1, 0.15) is 36.1 Å². The molecule has 3 heterocycles. The fourth-order valence-corrected chi connectivity index (χ4v) is 4.54. The lowest BCUT2D eigenvalue weighted by molar-refractivity contribution is -0.137. The van der Waals surface area contributed by atoms with Gasteiger partial charge in [-0.25, -0.2) is 9.78 Å². The maximum atomic E-state index is 12.7.